The summed E-state index contributed by atoms with van der Waals surface area (Å²) in [5.41, 5.74) is 0.801. The first-order valence-corrected chi connectivity index (χ1v) is 11.6. The molecule has 3 fully saturated rings. The van der Waals surface area contributed by atoms with Crippen LogP contribution in [0.25, 0.3) is 0 Å². The summed E-state index contributed by atoms with van der Waals surface area (Å²) in [5, 5.41) is 0.758. The number of imide groups is 1. The molecule has 2 aromatic carbocycles. The van der Waals surface area contributed by atoms with Gasteiger partial charge in [-0.15, -0.1) is 0 Å². The molecule has 162 valence electrons. The number of likely N-dealkylation sites (tertiary alicyclic amines) is 1. The van der Waals surface area contributed by atoms with Crippen LogP contribution in [0.15, 0.2) is 60.7 Å². The Balaban J connectivity index is 1.36. The molecule has 2 saturated carbocycles. The monoisotopic (exact) mass is 466 g/mol. The molecule has 2 aromatic rings. The topological polar surface area (TPSA) is 57.7 Å². The zero-order valence-corrected chi connectivity index (χ0v) is 18.5. The maximum absolute atomic E-state index is 13.5. The first-order valence-electron chi connectivity index (χ1n) is 10.8. The number of allylic oxidation sites excluding steroid dienone is 2. The van der Waals surface area contributed by atoms with Crippen molar-refractivity contribution < 1.29 is 14.4 Å². The highest BCUT2D eigenvalue weighted by molar-refractivity contribution is 6.34. The van der Waals surface area contributed by atoms with E-state index in [2.05, 4.69) is 12.2 Å². The van der Waals surface area contributed by atoms with E-state index in [1.807, 2.05) is 0 Å². The number of carbonyl (C=O) groups is 3. The first-order chi connectivity index (χ1) is 15.5. The van der Waals surface area contributed by atoms with Crippen molar-refractivity contribution in [1.29, 1.82) is 0 Å². The van der Waals surface area contributed by atoms with Gasteiger partial charge >= 0.3 is 0 Å². The summed E-state index contributed by atoms with van der Waals surface area (Å²) in [6.45, 7) is -0.163. The summed E-state index contributed by atoms with van der Waals surface area (Å²) < 4.78 is 0. The third kappa shape index (κ3) is 2.87. The van der Waals surface area contributed by atoms with Crippen molar-refractivity contribution in [2.24, 2.45) is 35.5 Å². The molecule has 2 bridgehead atoms. The van der Waals surface area contributed by atoms with E-state index in [-0.39, 0.29) is 42.2 Å². The Hall–Kier alpha value is -2.63. The van der Waals surface area contributed by atoms with Gasteiger partial charge in [-0.1, -0.05) is 53.6 Å². The second-order valence-electron chi connectivity index (χ2n) is 9.09. The molecule has 0 N–H and O–H groups in total. The number of halogens is 2. The fourth-order valence-electron chi connectivity index (χ4n) is 5.99. The van der Waals surface area contributed by atoms with Gasteiger partial charge in [0.25, 0.3) is 5.91 Å². The van der Waals surface area contributed by atoms with Gasteiger partial charge in [0.15, 0.2) is 0 Å². The third-order valence-electron chi connectivity index (χ3n) is 7.51. The molecule has 0 radical (unpaired) electrons. The average molecular weight is 467 g/mol. The molecule has 6 unspecified atom stereocenters. The zero-order valence-electron chi connectivity index (χ0n) is 17.0. The Labute approximate surface area is 195 Å². The van der Waals surface area contributed by atoms with Crippen LogP contribution < -0.4 is 4.90 Å². The molecule has 0 aromatic heterocycles. The van der Waals surface area contributed by atoms with Crippen molar-refractivity contribution in [2.45, 2.75) is 6.42 Å². The lowest BCUT2D eigenvalue weighted by atomic mass is 9.63. The molecule has 7 heteroatoms. The second kappa shape index (κ2) is 7.19. The molecule has 1 heterocycles. The lowest BCUT2D eigenvalue weighted by Crippen LogP contribution is -2.45. The molecule has 7 rings (SSSR count). The van der Waals surface area contributed by atoms with Crippen LogP contribution >= 0.6 is 23.2 Å². The van der Waals surface area contributed by atoms with Crippen LogP contribution in [0.5, 0.6) is 0 Å². The van der Waals surface area contributed by atoms with Crippen LogP contribution in [0, 0.1) is 35.5 Å². The third-order valence-corrected chi connectivity index (χ3v) is 8.07. The van der Waals surface area contributed by atoms with Crippen molar-refractivity contribution in [3.8, 4) is 0 Å². The van der Waals surface area contributed by atoms with E-state index in [4.69, 9.17) is 23.2 Å². The van der Waals surface area contributed by atoms with Crippen molar-refractivity contribution >= 4 is 46.6 Å². The predicted octanol–water partition coefficient (Wildman–Crippen LogP) is 4.65. The normalized spacial score (nSPS) is 31.5. The minimum Gasteiger partial charge on any atom is -0.289 e. The summed E-state index contributed by atoms with van der Waals surface area (Å²) >= 11 is 12.5. The number of amides is 3. The molecule has 5 aliphatic rings. The molecule has 3 amide bonds. The zero-order chi connectivity index (χ0) is 22.1. The first kappa shape index (κ1) is 20.0. The van der Waals surface area contributed by atoms with Gasteiger partial charge < -0.3 is 0 Å². The minimum absolute atomic E-state index is 0.135. The predicted molar refractivity (Wildman–Crippen MR) is 121 cm³/mol. The number of anilines is 1. The molecule has 0 spiro atoms. The van der Waals surface area contributed by atoms with Crippen molar-refractivity contribution in [3.05, 3.63) is 76.3 Å². The Morgan fingerprint density at radius 3 is 2.22 bits per heavy atom. The highest BCUT2D eigenvalue weighted by Crippen LogP contribution is 2.65. The van der Waals surface area contributed by atoms with E-state index in [9.17, 15) is 14.4 Å². The summed E-state index contributed by atoms with van der Waals surface area (Å²) in [7, 11) is 0. The van der Waals surface area contributed by atoms with Gasteiger partial charge in [-0.25, -0.2) is 0 Å². The molecular formula is C25H20Cl2N2O3. The molecule has 32 heavy (non-hydrogen) atoms. The van der Waals surface area contributed by atoms with E-state index >= 15 is 0 Å². The van der Waals surface area contributed by atoms with E-state index in [1.165, 1.54) is 9.80 Å². The van der Waals surface area contributed by atoms with E-state index in [0.717, 1.165) is 6.42 Å². The largest absolute Gasteiger partial charge is 0.289 e. The maximum atomic E-state index is 13.5. The Kier molecular flexibility index (Phi) is 4.50. The van der Waals surface area contributed by atoms with Crippen LogP contribution in [0.1, 0.15) is 16.8 Å². The molecule has 1 aliphatic heterocycles. The average Bonchev–Trinajstić information content (AvgIpc) is 3.57. The van der Waals surface area contributed by atoms with Gasteiger partial charge in [0.05, 0.1) is 22.4 Å². The van der Waals surface area contributed by atoms with E-state index in [1.54, 1.807) is 48.5 Å². The summed E-state index contributed by atoms with van der Waals surface area (Å²) in [6.07, 6.45) is 5.38. The van der Waals surface area contributed by atoms with Crippen LogP contribution in [-0.2, 0) is 9.59 Å². The van der Waals surface area contributed by atoms with Crippen LogP contribution in [0.3, 0.4) is 0 Å². The Bertz CT molecular complexity index is 1160. The second-order valence-corrected chi connectivity index (χ2v) is 9.94. The molecular weight excluding hydrogens is 447 g/mol. The van der Waals surface area contributed by atoms with Crippen molar-refractivity contribution in [2.75, 3.05) is 11.6 Å². The Morgan fingerprint density at radius 1 is 0.938 bits per heavy atom. The highest BCUT2D eigenvalue weighted by Gasteiger charge is 2.67. The minimum atomic E-state index is -0.391. The van der Waals surface area contributed by atoms with Crippen LogP contribution in [-0.4, -0.2) is 29.3 Å². The maximum Gasteiger partial charge on any atom is 0.261 e. The van der Waals surface area contributed by atoms with Crippen molar-refractivity contribution in [3.63, 3.8) is 0 Å². The van der Waals surface area contributed by atoms with Gasteiger partial charge in [0.2, 0.25) is 11.8 Å². The quantitative estimate of drug-likeness (QED) is 0.486. The number of nitrogens with zero attached hydrogens (tertiary/aromatic N) is 2. The lowest BCUT2D eigenvalue weighted by Gasteiger charge is -2.37. The van der Waals surface area contributed by atoms with Gasteiger partial charge in [0, 0.05) is 10.7 Å². The fraction of sp³-hybridized carbons (Fsp3) is 0.320. The number of rotatable bonds is 4. The van der Waals surface area contributed by atoms with Gasteiger partial charge in [-0.2, -0.15) is 0 Å². The summed E-state index contributed by atoms with van der Waals surface area (Å²) in [6, 6.07) is 13.6. The molecule has 1 saturated heterocycles. The molecule has 6 atom stereocenters. The van der Waals surface area contributed by atoms with Gasteiger partial charge in [-0.05, 0) is 60.4 Å². The standard InChI is InChI=1S/C25H20Cl2N2O3/c26-13-4-3-5-14(10-13)28(23(30)17-6-1-2-7-20(17)27)12-29-24(31)21-15-8-9-16(19-11-18(15)19)22(21)25(29)32/h1-10,15-16,18-19,21-22H,11-12H2. The van der Waals surface area contributed by atoms with Gasteiger partial charge in [0.1, 0.15) is 6.67 Å². The van der Waals surface area contributed by atoms with Gasteiger partial charge in [-0.3, -0.25) is 24.2 Å². The number of hydrogen-bond acceptors (Lipinski definition) is 3. The summed E-state index contributed by atoms with van der Waals surface area (Å²) in [5.74, 6) is -0.0421. The fourth-order valence-corrected chi connectivity index (χ4v) is 6.39. The van der Waals surface area contributed by atoms with Crippen LogP contribution in [0.2, 0.25) is 10.0 Å². The molecule has 4 aliphatic carbocycles. The van der Waals surface area contributed by atoms with Crippen LogP contribution in [0.4, 0.5) is 5.69 Å². The highest BCUT2D eigenvalue weighted by atomic mass is 35.5. The SMILES string of the molecule is O=C1C2C3C=CC(C4CC34)C2C(=O)N1CN(C(=O)c1ccccc1Cl)c1cccc(Cl)c1. The molecule has 5 nitrogen and oxygen atoms in total. The van der Waals surface area contributed by atoms with E-state index < -0.39 is 5.91 Å². The number of carbonyl (C=O) groups excluding carboxylic acids is 3. The summed E-state index contributed by atoms with van der Waals surface area (Å²) in [4.78, 5) is 43.1. The lowest BCUT2D eigenvalue weighted by molar-refractivity contribution is -0.140. The number of benzene rings is 2. The smallest absolute Gasteiger partial charge is 0.261 e. The Morgan fingerprint density at radius 2 is 1.59 bits per heavy atom. The van der Waals surface area contributed by atoms with E-state index in [0.29, 0.717) is 33.1 Å². The number of hydrogen-bond donors (Lipinski definition) is 0. The van der Waals surface area contributed by atoms with Crippen molar-refractivity contribution in [1.82, 2.24) is 4.90 Å².